The predicted molar refractivity (Wildman–Crippen MR) is 77.2 cm³/mol. The number of aromatic nitrogens is 5. The largest absolute Gasteiger partial charge is 0.314 e. The maximum absolute atomic E-state index is 12.5. The second-order valence-electron chi connectivity index (χ2n) is 5.30. The molecule has 0 aromatic carbocycles. The summed E-state index contributed by atoms with van der Waals surface area (Å²) in [7, 11) is -3.67. The number of hydrogen-bond donors (Lipinski definition) is 2. The van der Waals surface area contributed by atoms with Crippen molar-refractivity contribution in [3.05, 3.63) is 23.5 Å². The van der Waals surface area contributed by atoms with Crippen LogP contribution in [0.5, 0.6) is 0 Å². The van der Waals surface area contributed by atoms with E-state index in [2.05, 4.69) is 25.1 Å². The molecule has 0 aliphatic heterocycles. The smallest absolute Gasteiger partial charge is 0.244 e. The van der Waals surface area contributed by atoms with Crippen LogP contribution < -0.4 is 4.72 Å². The van der Waals surface area contributed by atoms with Crippen molar-refractivity contribution in [3.8, 4) is 0 Å². The Morgan fingerprint density at radius 1 is 1.29 bits per heavy atom. The van der Waals surface area contributed by atoms with Crippen molar-refractivity contribution in [1.82, 2.24) is 29.7 Å². The highest BCUT2D eigenvalue weighted by Gasteiger charge is 2.26. The predicted octanol–water partition coefficient (Wildman–Crippen LogP) is 1.24. The summed E-state index contributed by atoms with van der Waals surface area (Å²) in [5.74, 6) is 0.576. The van der Waals surface area contributed by atoms with Gasteiger partial charge in [-0.3, -0.25) is 5.10 Å². The molecule has 8 nitrogen and oxygen atoms in total. The minimum Gasteiger partial charge on any atom is -0.314 e. The highest BCUT2D eigenvalue weighted by molar-refractivity contribution is 7.89. The second-order valence-corrected chi connectivity index (χ2v) is 6.95. The third kappa shape index (κ3) is 2.98. The van der Waals surface area contributed by atoms with E-state index in [-0.39, 0.29) is 10.9 Å². The number of aromatic amines is 1. The van der Waals surface area contributed by atoms with Crippen LogP contribution in [0, 0.1) is 13.8 Å². The zero-order valence-corrected chi connectivity index (χ0v) is 13.6. The molecule has 1 atom stereocenters. The maximum Gasteiger partial charge on any atom is 0.244 e. The van der Waals surface area contributed by atoms with Gasteiger partial charge in [0.15, 0.2) is 5.82 Å². The Bertz CT molecular complexity index is 711. The first-order valence-corrected chi connectivity index (χ1v) is 8.15. The molecule has 0 aliphatic rings. The molecule has 0 radical (unpaired) electrons. The molecule has 0 unspecified atom stereocenters. The molecular formula is C12H20N6O2S. The standard InChI is InChI=1S/C12H20N6O2S/c1-7(2)18-6-13-16-12(18)10(5)17-21(19,20)11-8(3)14-15-9(11)4/h6-7,10,17H,1-5H3,(H,14,15)/t10-/m1/s1. The van der Waals surface area contributed by atoms with E-state index >= 15 is 0 Å². The van der Waals surface area contributed by atoms with Gasteiger partial charge in [-0.05, 0) is 34.6 Å². The van der Waals surface area contributed by atoms with Crippen LogP contribution in [0.25, 0.3) is 0 Å². The molecule has 2 aromatic rings. The first kappa shape index (κ1) is 15.6. The number of hydrogen-bond acceptors (Lipinski definition) is 5. The van der Waals surface area contributed by atoms with Gasteiger partial charge in [0.05, 0.1) is 17.4 Å². The monoisotopic (exact) mass is 312 g/mol. The summed E-state index contributed by atoms with van der Waals surface area (Å²) < 4.78 is 29.4. The molecule has 2 N–H and O–H groups in total. The summed E-state index contributed by atoms with van der Waals surface area (Å²) in [6.45, 7) is 9.04. The Labute approximate surface area is 124 Å². The number of nitrogens with zero attached hydrogens (tertiary/aromatic N) is 4. The van der Waals surface area contributed by atoms with Crippen LogP contribution >= 0.6 is 0 Å². The van der Waals surface area contributed by atoms with E-state index in [1.54, 1.807) is 27.1 Å². The lowest BCUT2D eigenvalue weighted by Gasteiger charge is -2.17. The highest BCUT2D eigenvalue weighted by Crippen LogP contribution is 2.21. The fourth-order valence-corrected chi connectivity index (χ4v) is 3.81. The van der Waals surface area contributed by atoms with E-state index in [0.717, 1.165) is 0 Å². The average Bonchev–Trinajstić information content (AvgIpc) is 2.95. The molecule has 2 rings (SSSR count). The number of H-pyrrole nitrogens is 1. The molecule has 21 heavy (non-hydrogen) atoms. The van der Waals surface area contributed by atoms with E-state index in [4.69, 9.17) is 0 Å². The van der Waals surface area contributed by atoms with Gasteiger partial charge < -0.3 is 4.57 Å². The minimum absolute atomic E-state index is 0.152. The fraction of sp³-hybridized carbons (Fsp3) is 0.583. The van der Waals surface area contributed by atoms with Crippen LogP contribution in [0.3, 0.4) is 0 Å². The van der Waals surface area contributed by atoms with Crippen molar-refractivity contribution < 1.29 is 8.42 Å². The average molecular weight is 312 g/mol. The number of nitrogens with one attached hydrogen (secondary N) is 2. The molecule has 0 bridgehead atoms. The van der Waals surface area contributed by atoms with Gasteiger partial charge in [0.1, 0.15) is 11.2 Å². The fourth-order valence-electron chi connectivity index (χ4n) is 2.24. The van der Waals surface area contributed by atoms with Crippen LogP contribution in [0.2, 0.25) is 0 Å². The lowest BCUT2D eigenvalue weighted by atomic mass is 10.3. The number of sulfonamides is 1. The molecular weight excluding hydrogens is 292 g/mol. The van der Waals surface area contributed by atoms with Gasteiger partial charge >= 0.3 is 0 Å². The van der Waals surface area contributed by atoms with Crippen molar-refractivity contribution in [2.24, 2.45) is 0 Å². The molecule has 0 spiro atoms. The van der Waals surface area contributed by atoms with E-state index < -0.39 is 16.1 Å². The highest BCUT2D eigenvalue weighted by atomic mass is 32.2. The Morgan fingerprint density at radius 2 is 1.95 bits per heavy atom. The van der Waals surface area contributed by atoms with Gasteiger partial charge in [0.2, 0.25) is 10.0 Å². The molecule has 0 fully saturated rings. The zero-order valence-electron chi connectivity index (χ0n) is 12.7. The van der Waals surface area contributed by atoms with Crippen LogP contribution in [0.15, 0.2) is 11.2 Å². The summed E-state index contributed by atoms with van der Waals surface area (Å²) in [5, 5.41) is 14.5. The van der Waals surface area contributed by atoms with Crippen LogP contribution in [-0.2, 0) is 10.0 Å². The summed E-state index contributed by atoms with van der Waals surface area (Å²) in [5.41, 5.74) is 0.954. The molecule has 0 aliphatic carbocycles. The Morgan fingerprint density at radius 3 is 2.48 bits per heavy atom. The van der Waals surface area contributed by atoms with Gasteiger partial charge in [0, 0.05) is 6.04 Å². The Balaban J connectivity index is 2.31. The molecule has 0 saturated heterocycles. The summed E-state index contributed by atoms with van der Waals surface area (Å²) in [6, 6.07) is -0.340. The third-order valence-electron chi connectivity index (χ3n) is 3.21. The first-order valence-electron chi connectivity index (χ1n) is 6.67. The normalized spacial score (nSPS) is 13.8. The quantitative estimate of drug-likeness (QED) is 0.864. The Hall–Kier alpha value is -1.74. The zero-order chi connectivity index (χ0) is 15.8. The topological polar surface area (TPSA) is 106 Å². The molecule has 0 amide bonds. The summed E-state index contributed by atoms with van der Waals surface area (Å²) >= 11 is 0. The van der Waals surface area contributed by atoms with Crippen molar-refractivity contribution in [2.45, 2.75) is 51.6 Å². The lowest BCUT2D eigenvalue weighted by molar-refractivity contribution is 0.514. The summed E-state index contributed by atoms with van der Waals surface area (Å²) in [4.78, 5) is 0.185. The molecule has 2 aromatic heterocycles. The lowest BCUT2D eigenvalue weighted by Crippen LogP contribution is -2.29. The molecule has 9 heteroatoms. The second kappa shape index (κ2) is 5.57. The van der Waals surface area contributed by atoms with Crippen molar-refractivity contribution in [3.63, 3.8) is 0 Å². The van der Waals surface area contributed by atoms with Crippen molar-refractivity contribution in [1.29, 1.82) is 0 Å². The van der Waals surface area contributed by atoms with Gasteiger partial charge in [-0.2, -0.15) is 5.10 Å². The van der Waals surface area contributed by atoms with Crippen LogP contribution in [0.4, 0.5) is 0 Å². The van der Waals surface area contributed by atoms with E-state index in [0.29, 0.717) is 17.2 Å². The van der Waals surface area contributed by atoms with Gasteiger partial charge in [0.25, 0.3) is 0 Å². The third-order valence-corrected chi connectivity index (χ3v) is 5.01. The number of aryl methyl sites for hydroxylation is 2. The molecule has 116 valence electrons. The van der Waals surface area contributed by atoms with Crippen LogP contribution in [-0.4, -0.2) is 33.4 Å². The molecule has 0 saturated carbocycles. The maximum atomic E-state index is 12.5. The summed E-state index contributed by atoms with van der Waals surface area (Å²) in [6.07, 6.45) is 1.60. The van der Waals surface area contributed by atoms with Crippen LogP contribution in [0.1, 0.15) is 50.1 Å². The van der Waals surface area contributed by atoms with E-state index in [1.165, 1.54) is 0 Å². The van der Waals surface area contributed by atoms with Gasteiger partial charge in [-0.25, -0.2) is 13.1 Å². The van der Waals surface area contributed by atoms with Crippen molar-refractivity contribution in [2.75, 3.05) is 0 Å². The van der Waals surface area contributed by atoms with E-state index in [9.17, 15) is 8.42 Å². The Kier molecular flexibility index (Phi) is 4.15. The van der Waals surface area contributed by atoms with E-state index in [1.807, 2.05) is 18.4 Å². The van der Waals surface area contributed by atoms with Crippen molar-refractivity contribution >= 4 is 10.0 Å². The van der Waals surface area contributed by atoms with Gasteiger partial charge in [-0.1, -0.05) is 0 Å². The molecule has 2 heterocycles. The van der Waals surface area contributed by atoms with Gasteiger partial charge in [-0.15, -0.1) is 10.2 Å². The minimum atomic E-state index is -3.67. The SMILES string of the molecule is Cc1n[nH]c(C)c1S(=O)(=O)N[C@H](C)c1nncn1C(C)C. The first-order chi connectivity index (χ1) is 9.74. The number of rotatable bonds is 5.